The van der Waals surface area contributed by atoms with Crippen LogP contribution in [0.1, 0.15) is 32.9 Å². The molecule has 0 radical (unpaired) electrons. The van der Waals surface area contributed by atoms with Crippen LogP contribution in [0.2, 0.25) is 0 Å². The lowest BCUT2D eigenvalue weighted by molar-refractivity contribution is -0.155. The molecule has 0 bridgehead atoms. The zero-order valence-electron chi connectivity index (χ0n) is 16.1. The van der Waals surface area contributed by atoms with Gasteiger partial charge in [0.05, 0.1) is 12.9 Å². The molecule has 0 spiro atoms. The molecule has 2 fully saturated rings. The van der Waals surface area contributed by atoms with E-state index < -0.39 is 38.3 Å². The van der Waals surface area contributed by atoms with E-state index >= 15 is 0 Å². The molecule has 0 aromatic carbocycles. The first-order valence-electron chi connectivity index (χ1n) is 9.25. The number of carbonyl (C=O) groups excluding carboxylic acids is 2. The molecule has 5 atom stereocenters. The maximum atomic E-state index is 12.0. The first-order chi connectivity index (χ1) is 14.3. The highest BCUT2D eigenvalue weighted by atomic mass is 31.2. The molecule has 2 N–H and O–H groups in total. The number of phosphoric ester groups is 1. The summed E-state index contributed by atoms with van der Waals surface area (Å²) in [6, 6.07) is 0. The molecule has 0 saturated carbocycles. The molecule has 4 heterocycles. The van der Waals surface area contributed by atoms with Crippen molar-refractivity contribution < 1.29 is 37.6 Å². The van der Waals surface area contributed by atoms with Crippen LogP contribution in [0.15, 0.2) is 12.7 Å². The van der Waals surface area contributed by atoms with Gasteiger partial charge in [0.1, 0.15) is 18.5 Å². The van der Waals surface area contributed by atoms with Crippen LogP contribution in [0.3, 0.4) is 0 Å². The van der Waals surface area contributed by atoms with Crippen LogP contribution in [0.4, 0.5) is 5.82 Å². The SMILES string of the molecule is CCCC(=O)Nc1ncnc2c1ncn2[C@@H]1O[C@@H]2COP(=O)(O)O[C@H]2[C@H]1OC(C)=O. The van der Waals surface area contributed by atoms with Crippen LogP contribution in [-0.4, -0.2) is 61.2 Å². The molecule has 2 aromatic rings. The Morgan fingerprint density at radius 1 is 1.40 bits per heavy atom. The average Bonchev–Trinajstić information content (AvgIpc) is 3.23. The number of carbonyl (C=O) groups is 2. The molecule has 162 valence electrons. The van der Waals surface area contributed by atoms with Crippen LogP contribution in [0.25, 0.3) is 11.2 Å². The molecule has 2 saturated heterocycles. The standard InChI is InChI=1S/C16H20N5O8P/c1-3-4-10(23)20-14-11-15(18-6-17-14)21(7-19-11)16-13(27-8(2)22)12-9(28-16)5-26-30(24,25)29-12/h6-7,9,12-13,16H,3-5H2,1-2H3,(H,24,25)(H,17,18,20,23)/t9-,12-,13-,16-/m1/s1. The minimum absolute atomic E-state index is 0.211. The van der Waals surface area contributed by atoms with Crippen LogP contribution in [-0.2, 0) is 32.7 Å². The van der Waals surface area contributed by atoms with Gasteiger partial charge in [-0.2, -0.15) is 0 Å². The average molecular weight is 441 g/mol. The van der Waals surface area contributed by atoms with E-state index in [1.54, 1.807) is 0 Å². The summed E-state index contributed by atoms with van der Waals surface area (Å²) in [4.78, 5) is 45.8. The van der Waals surface area contributed by atoms with Crippen molar-refractivity contribution >= 4 is 36.7 Å². The summed E-state index contributed by atoms with van der Waals surface area (Å²) in [5.41, 5.74) is 0.623. The van der Waals surface area contributed by atoms with Crippen molar-refractivity contribution in [2.75, 3.05) is 11.9 Å². The van der Waals surface area contributed by atoms with Crippen LogP contribution in [0.5, 0.6) is 0 Å². The Bertz CT molecular complexity index is 1030. The van der Waals surface area contributed by atoms with E-state index in [2.05, 4.69) is 20.3 Å². The summed E-state index contributed by atoms with van der Waals surface area (Å²) in [6.07, 6.45) is -0.128. The fourth-order valence-corrected chi connectivity index (χ4v) is 4.37. The largest absolute Gasteiger partial charge is 0.472 e. The van der Waals surface area contributed by atoms with Gasteiger partial charge < -0.3 is 19.7 Å². The summed E-state index contributed by atoms with van der Waals surface area (Å²) in [6.45, 7) is 2.87. The van der Waals surface area contributed by atoms with Gasteiger partial charge in [-0.05, 0) is 6.42 Å². The molecule has 13 nitrogen and oxygen atoms in total. The monoisotopic (exact) mass is 441 g/mol. The number of hydrogen-bond acceptors (Lipinski definition) is 10. The lowest BCUT2D eigenvalue weighted by Gasteiger charge is -2.29. The van der Waals surface area contributed by atoms with Crippen molar-refractivity contribution in [2.45, 2.75) is 51.2 Å². The minimum atomic E-state index is -4.29. The second-order valence-corrected chi connectivity index (χ2v) is 8.22. The van der Waals surface area contributed by atoms with Crippen LogP contribution < -0.4 is 5.32 Å². The van der Waals surface area contributed by atoms with E-state index in [9.17, 15) is 19.0 Å². The topological polar surface area (TPSA) is 164 Å². The maximum Gasteiger partial charge on any atom is 0.472 e. The third-order valence-electron chi connectivity index (χ3n) is 4.61. The molecule has 1 unspecified atom stereocenters. The number of rotatable bonds is 5. The number of fused-ring (bicyclic) bond motifs is 2. The second-order valence-electron chi connectivity index (χ2n) is 6.82. The van der Waals surface area contributed by atoms with Crippen molar-refractivity contribution in [2.24, 2.45) is 0 Å². The van der Waals surface area contributed by atoms with Crippen LogP contribution >= 0.6 is 7.82 Å². The normalized spacial score (nSPS) is 30.8. The quantitative estimate of drug-likeness (QED) is 0.500. The number of ether oxygens (including phenoxy) is 2. The van der Waals surface area contributed by atoms with E-state index in [-0.39, 0.29) is 18.3 Å². The predicted octanol–water partition coefficient (Wildman–Crippen LogP) is 0.910. The Labute approximate surface area is 170 Å². The molecule has 0 aliphatic carbocycles. The molecular formula is C16H20N5O8P. The summed E-state index contributed by atoms with van der Waals surface area (Å²) < 4.78 is 34.5. The van der Waals surface area contributed by atoms with Gasteiger partial charge in [0, 0.05) is 13.3 Å². The summed E-state index contributed by atoms with van der Waals surface area (Å²) in [5.74, 6) is -0.600. The van der Waals surface area contributed by atoms with Crippen LogP contribution in [0, 0.1) is 0 Å². The Balaban J connectivity index is 1.69. The molecule has 2 aliphatic heterocycles. The Morgan fingerprint density at radius 2 is 2.20 bits per heavy atom. The highest BCUT2D eigenvalue weighted by Crippen LogP contribution is 2.53. The Kier molecular flexibility index (Phi) is 5.55. The van der Waals surface area contributed by atoms with Gasteiger partial charge in [-0.15, -0.1) is 0 Å². The summed E-state index contributed by atoms with van der Waals surface area (Å²) in [5, 5.41) is 2.69. The number of phosphoric acid groups is 1. The predicted molar refractivity (Wildman–Crippen MR) is 99.0 cm³/mol. The number of hydrogen-bond donors (Lipinski definition) is 2. The smallest absolute Gasteiger partial charge is 0.455 e. The highest BCUT2D eigenvalue weighted by molar-refractivity contribution is 7.47. The number of amides is 1. The van der Waals surface area contributed by atoms with Gasteiger partial charge in [0.15, 0.2) is 29.3 Å². The van der Waals surface area contributed by atoms with Crippen molar-refractivity contribution in [3.63, 3.8) is 0 Å². The lowest BCUT2D eigenvalue weighted by Crippen LogP contribution is -2.41. The van der Waals surface area contributed by atoms with Crippen molar-refractivity contribution in [1.82, 2.24) is 19.5 Å². The van der Waals surface area contributed by atoms with E-state index in [0.29, 0.717) is 24.0 Å². The van der Waals surface area contributed by atoms with Gasteiger partial charge in [-0.1, -0.05) is 6.92 Å². The first-order valence-corrected chi connectivity index (χ1v) is 10.7. The van der Waals surface area contributed by atoms with Gasteiger partial charge >= 0.3 is 13.8 Å². The van der Waals surface area contributed by atoms with E-state index in [0.717, 1.165) is 0 Å². The molecular weight excluding hydrogens is 421 g/mol. The highest BCUT2D eigenvalue weighted by Gasteiger charge is 2.55. The fraction of sp³-hybridized carbons (Fsp3) is 0.562. The Morgan fingerprint density at radius 3 is 2.93 bits per heavy atom. The molecule has 4 rings (SSSR count). The van der Waals surface area contributed by atoms with Gasteiger partial charge in [-0.25, -0.2) is 19.5 Å². The third-order valence-corrected chi connectivity index (χ3v) is 5.60. The number of imidazole rings is 1. The lowest BCUT2D eigenvalue weighted by atomic mass is 10.1. The van der Waals surface area contributed by atoms with Crippen molar-refractivity contribution in [3.8, 4) is 0 Å². The number of anilines is 1. The summed E-state index contributed by atoms with van der Waals surface area (Å²) in [7, 11) is -4.29. The van der Waals surface area contributed by atoms with E-state index in [1.807, 2.05) is 6.92 Å². The van der Waals surface area contributed by atoms with E-state index in [1.165, 1.54) is 24.1 Å². The number of nitrogens with one attached hydrogen (secondary N) is 1. The molecule has 30 heavy (non-hydrogen) atoms. The number of aromatic nitrogens is 4. The second kappa shape index (κ2) is 8.00. The fourth-order valence-electron chi connectivity index (χ4n) is 3.41. The van der Waals surface area contributed by atoms with Gasteiger partial charge in [-0.3, -0.25) is 23.2 Å². The number of esters is 1. The maximum absolute atomic E-state index is 12.0. The third kappa shape index (κ3) is 3.94. The van der Waals surface area contributed by atoms with Gasteiger partial charge in [0.2, 0.25) is 5.91 Å². The van der Waals surface area contributed by atoms with Crippen molar-refractivity contribution in [1.29, 1.82) is 0 Å². The van der Waals surface area contributed by atoms with Gasteiger partial charge in [0.25, 0.3) is 0 Å². The molecule has 14 heteroatoms. The molecule has 1 amide bonds. The Hall–Kier alpha value is -2.44. The molecule has 2 aliphatic rings. The molecule has 2 aromatic heterocycles. The van der Waals surface area contributed by atoms with Crippen molar-refractivity contribution in [3.05, 3.63) is 12.7 Å². The number of nitrogens with zero attached hydrogens (tertiary/aromatic N) is 4. The zero-order valence-corrected chi connectivity index (χ0v) is 17.0. The van der Waals surface area contributed by atoms with E-state index in [4.69, 9.17) is 18.5 Å². The summed E-state index contributed by atoms with van der Waals surface area (Å²) >= 11 is 0. The minimum Gasteiger partial charge on any atom is -0.455 e. The first kappa shape index (κ1) is 20.8. The zero-order chi connectivity index (χ0) is 21.5.